The fourth-order valence-electron chi connectivity index (χ4n) is 3.32. The van der Waals surface area contributed by atoms with E-state index in [-0.39, 0.29) is 17.6 Å². The normalized spacial score (nSPS) is 19.8. The predicted octanol–water partition coefficient (Wildman–Crippen LogP) is 2.52. The highest BCUT2D eigenvalue weighted by molar-refractivity contribution is 6.07. The quantitative estimate of drug-likeness (QED) is 0.843. The molecule has 0 atom stereocenters. The van der Waals surface area contributed by atoms with Crippen LogP contribution in [0.25, 0.3) is 0 Å². The maximum atomic E-state index is 12.9. The monoisotopic (exact) mass is 332 g/mol. The van der Waals surface area contributed by atoms with Crippen molar-refractivity contribution in [1.29, 1.82) is 0 Å². The topological polar surface area (TPSA) is 49.4 Å². The molecule has 2 amide bonds. The van der Waals surface area contributed by atoms with Gasteiger partial charge in [-0.3, -0.25) is 9.59 Å². The Balaban J connectivity index is 1.50. The third kappa shape index (κ3) is 3.60. The van der Waals surface area contributed by atoms with Crippen molar-refractivity contribution >= 4 is 11.8 Å². The number of carbonyl (C=O) groups excluding carboxylic acids is 2. The molecule has 1 aromatic carbocycles. The van der Waals surface area contributed by atoms with Crippen LogP contribution in [0.1, 0.15) is 38.2 Å². The number of nitrogens with one attached hydrogen (secondary N) is 1. The van der Waals surface area contributed by atoms with E-state index >= 15 is 0 Å². The molecule has 0 spiro atoms. The first-order chi connectivity index (χ1) is 11.5. The van der Waals surface area contributed by atoms with Crippen molar-refractivity contribution in [2.75, 3.05) is 19.6 Å². The van der Waals surface area contributed by atoms with Crippen LogP contribution < -0.4 is 5.32 Å². The summed E-state index contributed by atoms with van der Waals surface area (Å²) in [7, 11) is 0. The van der Waals surface area contributed by atoms with Gasteiger partial charge in [0.2, 0.25) is 11.8 Å². The molecule has 3 rings (SSSR count). The molecular weight excluding hydrogens is 307 g/mol. The van der Waals surface area contributed by atoms with Gasteiger partial charge in [-0.1, -0.05) is 19.1 Å². The van der Waals surface area contributed by atoms with E-state index in [0.29, 0.717) is 31.7 Å². The van der Waals surface area contributed by atoms with Gasteiger partial charge in [0, 0.05) is 19.6 Å². The maximum absolute atomic E-state index is 12.9. The Kier molecular flexibility index (Phi) is 4.88. The second-order valence-electron chi connectivity index (χ2n) is 7.19. The number of hydrogen-bond acceptors (Lipinski definition) is 2. The molecule has 5 heteroatoms. The Hall–Kier alpha value is -1.91. The molecule has 1 aromatic rings. The van der Waals surface area contributed by atoms with Crippen molar-refractivity contribution in [3.8, 4) is 0 Å². The summed E-state index contributed by atoms with van der Waals surface area (Å²) >= 11 is 0. The summed E-state index contributed by atoms with van der Waals surface area (Å²) in [6.07, 6.45) is 3.99. The van der Waals surface area contributed by atoms with Crippen LogP contribution in [-0.2, 0) is 16.0 Å². The maximum Gasteiger partial charge on any atom is 0.238 e. The number of rotatable bonds is 5. The van der Waals surface area contributed by atoms with Crippen LogP contribution in [0.2, 0.25) is 0 Å². The van der Waals surface area contributed by atoms with Crippen LogP contribution in [0.15, 0.2) is 24.3 Å². The minimum atomic E-state index is -0.816. The van der Waals surface area contributed by atoms with Gasteiger partial charge in [-0.25, -0.2) is 4.39 Å². The molecule has 2 fully saturated rings. The molecule has 0 bridgehead atoms. The van der Waals surface area contributed by atoms with Crippen molar-refractivity contribution in [1.82, 2.24) is 10.2 Å². The first-order valence-corrected chi connectivity index (χ1v) is 8.83. The summed E-state index contributed by atoms with van der Waals surface area (Å²) in [5, 5.41) is 2.90. The number of likely N-dealkylation sites (tertiary alicyclic amines) is 1. The number of nitrogens with zero attached hydrogens (tertiary/aromatic N) is 1. The van der Waals surface area contributed by atoms with Crippen LogP contribution in [0.3, 0.4) is 0 Å². The highest BCUT2D eigenvalue weighted by atomic mass is 19.1. The van der Waals surface area contributed by atoms with Gasteiger partial charge >= 0.3 is 0 Å². The summed E-state index contributed by atoms with van der Waals surface area (Å²) < 4.78 is 12.9. The molecule has 0 radical (unpaired) electrons. The summed E-state index contributed by atoms with van der Waals surface area (Å²) in [5.74, 6) is 0.261. The predicted molar refractivity (Wildman–Crippen MR) is 89.8 cm³/mol. The molecule has 1 aliphatic heterocycles. The first-order valence-electron chi connectivity index (χ1n) is 8.83. The summed E-state index contributed by atoms with van der Waals surface area (Å²) in [6, 6.07) is 6.27. The summed E-state index contributed by atoms with van der Waals surface area (Å²) in [4.78, 5) is 27.1. The smallest absolute Gasteiger partial charge is 0.238 e. The molecule has 0 unspecified atom stereocenters. The fraction of sp³-hybridized carbons (Fsp3) is 0.579. The summed E-state index contributed by atoms with van der Waals surface area (Å²) in [6.45, 7) is 4.21. The SMILES string of the molecule is CC1CCN(C(=O)C2(C(=O)NCCc3ccc(F)cc3)CC2)CC1. The average molecular weight is 332 g/mol. The average Bonchev–Trinajstić information content (AvgIpc) is 3.38. The van der Waals surface area contributed by atoms with E-state index in [1.807, 2.05) is 4.90 Å². The van der Waals surface area contributed by atoms with E-state index < -0.39 is 5.41 Å². The molecule has 1 saturated carbocycles. The largest absolute Gasteiger partial charge is 0.355 e. The zero-order valence-corrected chi connectivity index (χ0v) is 14.2. The van der Waals surface area contributed by atoms with E-state index in [1.165, 1.54) is 12.1 Å². The van der Waals surface area contributed by atoms with E-state index in [2.05, 4.69) is 12.2 Å². The lowest BCUT2D eigenvalue weighted by molar-refractivity contribution is -0.145. The van der Waals surface area contributed by atoms with E-state index in [4.69, 9.17) is 0 Å². The molecule has 1 saturated heterocycles. The number of carbonyl (C=O) groups is 2. The van der Waals surface area contributed by atoms with E-state index in [9.17, 15) is 14.0 Å². The van der Waals surface area contributed by atoms with Crippen LogP contribution in [0.5, 0.6) is 0 Å². The number of benzene rings is 1. The van der Waals surface area contributed by atoms with Crippen molar-refractivity contribution in [3.05, 3.63) is 35.6 Å². The summed E-state index contributed by atoms with van der Waals surface area (Å²) in [5.41, 5.74) is 0.154. The lowest BCUT2D eigenvalue weighted by Crippen LogP contribution is -2.48. The molecule has 1 heterocycles. The van der Waals surface area contributed by atoms with Gasteiger partial charge in [-0.2, -0.15) is 0 Å². The second-order valence-corrected chi connectivity index (χ2v) is 7.19. The third-order valence-corrected chi connectivity index (χ3v) is 5.28. The van der Waals surface area contributed by atoms with Gasteiger partial charge in [-0.05, 0) is 55.7 Å². The highest BCUT2D eigenvalue weighted by Gasteiger charge is 2.57. The van der Waals surface area contributed by atoms with Crippen molar-refractivity contribution in [2.24, 2.45) is 11.3 Å². The Morgan fingerprint density at radius 3 is 2.42 bits per heavy atom. The Bertz CT molecular complexity index is 602. The Labute approximate surface area is 142 Å². The molecule has 1 aliphatic carbocycles. The minimum absolute atomic E-state index is 0.00804. The second kappa shape index (κ2) is 6.91. The zero-order valence-electron chi connectivity index (χ0n) is 14.2. The van der Waals surface area contributed by atoms with Gasteiger partial charge in [0.25, 0.3) is 0 Å². The number of halogens is 1. The highest BCUT2D eigenvalue weighted by Crippen LogP contribution is 2.48. The lowest BCUT2D eigenvalue weighted by atomic mass is 9.96. The molecule has 1 N–H and O–H groups in total. The molecule has 2 aliphatic rings. The van der Waals surface area contributed by atoms with Gasteiger partial charge < -0.3 is 10.2 Å². The van der Waals surface area contributed by atoms with Crippen molar-refractivity contribution in [2.45, 2.75) is 39.0 Å². The molecule has 0 aromatic heterocycles. The van der Waals surface area contributed by atoms with Crippen LogP contribution in [0.4, 0.5) is 4.39 Å². The lowest BCUT2D eigenvalue weighted by Gasteiger charge is -2.32. The zero-order chi connectivity index (χ0) is 17.2. The number of amides is 2. The van der Waals surface area contributed by atoms with E-state index in [1.54, 1.807) is 12.1 Å². The van der Waals surface area contributed by atoms with Crippen LogP contribution in [-0.4, -0.2) is 36.3 Å². The van der Waals surface area contributed by atoms with Crippen LogP contribution >= 0.6 is 0 Å². The Morgan fingerprint density at radius 1 is 1.21 bits per heavy atom. The minimum Gasteiger partial charge on any atom is -0.355 e. The van der Waals surface area contributed by atoms with Crippen LogP contribution in [0, 0.1) is 17.2 Å². The van der Waals surface area contributed by atoms with Crippen molar-refractivity contribution < 1.29 is 14.0 Å². The van der Waals surface area contributed by atoms with Gasteiger partial charge in [0.15, 0.2) is 0 Å². The molecule has 130 valence electrons. The number of hydrogen-bond donors (Lipinski definition) is 1. The molecule has 24 heavy (non-hydrogen) atoms. The Morgan fingerprint density at radius 2 is 1.83 bits per heavy atom. The van der Waals surface area contributed by atoms with E-state index in [0.717, 1.165) is 31.5 Å². The third-order valence-electron chi connectivity index (χ3n) is 5.28. The first kappa shape index (κ1) is 16.9. The van der Waals surface area contributed by atoms with Gasteiger partial charge in [0.05, 0.1) is 0 Å². The van der Waals surface area contributed by atoms with Crippen molar-refractivity contribution in [3.63, 3.8) is 0 Å². The number of piperidine rings is 1. The van der Waals surface area contributed by atoms with Gasteiger partial charge in [-0.15, -0.1) is 0 Å². The van der Waals surface area contributed by atoms with Gasteiger partial charge in [0.1, 0.15) is 11.2 Å². The molecule has 4 nitrogen and oxygen atoms in total. The molecular formula is C19H25FN2O2. The standard InChI is InChI=1S/C19H25FN2O2/c1-14-7-12-22(13-8-14)18(24)19(9-10-19)17(23)21-11-6-15-2-4-16(20)5-3-15/h2-5,14H,6-13H2,1H3,(H,21,23). The fourth-order valence-corrected chi connectivity index (χ4v) is 3.32.